The minimum atomic E-state index is 0.539. The van der Waals surface area contributed by atoms with E-state index in [0.29, 0.717) is 22.6 Å². The second-order valence-corrected chi connectivity index (χ2v) is 3.88. The van der Waals surface area contributed by atoms with Crippen molar-refractivity contribution in [3.8, 4) is 17.6 Å². The van der Waals surface area contributed by atoms with E-state index in [1.807, 2.05) is 13.0 Å². The monoisotopic (exact) mass is 237 g/mol. The van der Waals surface area contributed by atoms with Gasteiger partial charge in [0.2, 0.25) is 0 Å². The Bertz CT molecular complexity index is 627. The predicted octanol–water partition coefficient (Wildman–Crippen LogP) is 3.47. The number of aryl methyl sites for hydroxylation is 1. The molecule has 0 saturated heterocycles. The summed E-state index contributed by atoms with van der Waals surface area (Å²) in [7, 11) is 0. The molecule has 0 atom stereocenters. The Hall–Kier alpha value is -2.60. The Kier molecular flexibility index (Phi) is 3.40. The van der Waals surface area contributed by atoms with Crippen molar-refractivity contribution < 1.29 is 9.53 Å². The van der Waals surface area contributed by atoms with E-state index in [1.165, 1.54) is 0 Å². The van der Waals surface area contributed by atoms with E-state index >= 15 is 0 Å². The van der Waals surface area contributed by atoms with Gasteiger partial charge in [0.05, 0.1) is 11.6 Å². The number of ether oxygens (including phenoxy) is 1. The van der Waals surface area contributed by atoms with E-state index in [4.69, 9.17) is 10.00 Å². The van der Waals surface area contributed by atoms with Gasteiger partial charge in [-0.2, -0.15) is 5.26 Å². The number of rotatable bonds is 3. The molecule has 0 bridgehead atoms. The van der Waals surface area contributed by atoms with E-state index in [9.17, 15) is 4.79 Å². The summed E-state index contributed by atoms with van der Waals surface area (Å²) in [5.41, 5.74) is 2.03. The molecule has 2 rings (SSSR count). The maximum Gasteiger partial charge on any atom is 0.150 e. The molecule has 0 amide bonds. The molecule has 0 spiro atoms. The zero-order valence-corrected chi connectivity index (χ0v) is 9.88. The zero-order valence-electron chi connectivity index (χ0n) is 9.88. The van der Waals surface area contributed by atoms with Crippen LogP contribution in [0.4, 0.5) is 0 Å². The van der Waals surface area contributed by atoms with Crippen molar-refractivity contribution in [3.05, 3.63) is 59.2 Å². The minimum absolute atomic E-state index is 0.539. The van der Waals surface area contributed by atoms with Gasteiger partial charge < -0.3 is 4.74 Å². The standard InChI is InChI=1S/C15H11NO2/c1-11-5-6-13(10-17)8-15(11)18-14-4-2-3-12(7-14)9-16/h2-8,10H,1H3. The molecule has 0 saturated carbocycles. The van der Waals surface area contributed by atoms with Gasteiger partial charge in [0.15, 0.2) is 0 Å². The summed E-state index contributed by atoms with van der Waals surface area (Å²) < 4.78 is 5.68. The Morgan fingerprint density at radius 2 is 2.06 bits per heavy atom. The molecule has 0 unspecified atom stereocenters. The van der Waals surface area contributed by atoms with Gasteiger partial charge in [-0.1, -0.05) is 18.2 Å². The number of hydrogen-bond acceptors (Lipinski definition) is 3. The predicted molar refractivity (Wildman–Crippen MR) is 67.8 cm³/mol. The summed E-state index contributed by atoms with van der Waals surface area (Å²) in [5, 5.41) is 8.81. The number of nitrogens with zero attached hydrogens (tertiary/aromatic N) is 1. The lowest BCUT2D eigenvalue weighted by Crippen LogP contribution is -1.90. The third-order valence-electron chi connectivity index (χ3n) is 2.54. The van der Waals surface area contributed by atoms with Gasteiger partial charge in [-0.15, -0.1) is 0 Å². The van der Waals surface area contributed by atoms with Crippen LogP contribution in [0, 0.1) is 18.3 Å². The van der Waals surface area contributed by atoms with Gasteiger partial charge >= 0.3 is 0 Å². The van der Waals surface area contributed by atoms with Crippen molar-refractivity contribution in [2.45, 2.75) is 6.92 Å². The molecule has 0 aromatic heterocycles. The molecule has 0 aliphatic heterocycles. The molecule has 88 valence electrons. The van der Waals surface area contributed by atoms with Crippen LogP contribution in [0.25, 0.3) is 0 Å². The summed E-state index contributed by atoms with van der Waals surface area (Å²) in [6.07, 6.45) is 0.776. The van der Waals surface area contributed by atoms with Gasteiger partial charge in [0.1, 0.15) is 17.8 Å². The Morgan fingerprint density at radius 1 is 1.22 bits per heavy atom. The smallest absolute Gasteiger partial charge is 0.150 e. The zero-order chi connectivity index (χ0) is 13.0. The van der Waals surface area contributed by atoms with Crippen LogP contribution < -0.4 is 4.74 Å². The topological polar surface area (TPSA) is 50.1 Å². The fraction of sp³-hybridized carbons (Fsp3) is 0.0667. The lowest BCUT2D eigenvalue weighted by atomic mass is 10.1. The summed E-state index contributed by atoms with van der Waals surface area (Å²) >= 11 is 0. The molecule has 0 aliphatic rings. The maximum absolute atomic E-state index is 10.7. The van der Waals surface area contributed by atoms with E-state index < -0.39 is 0 Å². The molecule has 2 aromatic rings. The first kappa shape index (κ1) is 11.9. The molecule has 0 N–H and O–H groups in total. The molecule has 0 fully saturated rings. The van der Waals surface area contributed by atoms with Crippen molar-refractivity contribution in [1.29, 1.82) is 5.26 Å². The Labute approximate surface area is 105 Å². The van der Waals surface area contributed by atoms with E-state index in [2.05, 4.69) is 6.07 Å². The fourth-order valence-electron chi connectivity index (χ4n) is 1.56. The van der Waals surface area contributed by atoms with Gasteiger partial charge in [-0.3, -0.25) is 4.79 Å². The molecule has 18 heavy (non-hydrogen) atoms. The number of nitriles is 1. The summed E-state index contributed by atoms with van der Waals surface area (Å²) in [4.78, 5) is 10.7. The van der Waals surface area contributed by atoms with Crippen LogP contribution in [0.2, 0.25) is 0 Å². The van der Waals surface area contributed by atoms with Crippen LogP contribution in [0.5, 0.6) is 11.5 Å². The van der Waals surface area contributed by atoms with E-state index in [-0.39, 0.29) is 0 Å². The van der Waals surface area contributed by atoms with Gasteiger partial charge in [-0.25, -0.2) is 0 Å². The first-order valence-electron chi connectivity index (χ1n) is 5.47. The van der Waals surface area contributed by atoms with Gasteiger partial charge in [-0.05, 0) is 36.8 Å². The second kappa shape index (κ2) is 5.15. The second-order valence-electron chi connectivity index (χ2n) is 3.88. The largest absolute Gasteiger partial charge is 0.457 e. The molecular formula is C15H11NO2. The SMILES string of the molecule is Cc1ccc(C=O)cc1Oc1cccc(C#N)c1. The lowest BCUT2D eigenvalue weighted by Gasteiger charge is -2.09. The van der Waals surface area contributed by atoms with Crippen LogP contribution >= 0.6 is 0 Å². The van der Waals surface area contributed by atoms with E-state index in [1.54, 1.807) is 36.4 Å². The average Bonchev–Trinajstić information content (AvgIpc) is 2.41. The molecule has 0 heterocycles. The van der Waals surface area contributed by atoms with Crippen LogP contribution in [-0.4, -0.2) is 6.29 Å². The number of carbonyl (C=O) groups excluding carboxylic acids is 1. The highest BCUT2D eigenvalue weighted by atomic mass is 16.5. The lowest BCUT2D eigenvalue weighted by molar-refractivity contribution is 0.112. The van der Waals surface area contributed by atoms with Gasteiger partial charge in [0.25, 0.3) is 0 Å². The highest BCUT2D eigenvalue weighted by molar-refractivity contribution is 5.76. The fourth-order valence-corrected chi connectivity index (χ4v) is 1.56. The minimum Gasteiger partial charge on any atom is -0.457 e. The third-order valence-corrected chi connectivity index (χ3v) is 2.54. The maximum atomic E-state index is 10.7. The molecule has 0 radical (unpaired) electrons. The van der Waals surface area contributed by atoms with Crippen molar-refractivity contribution in [3.63, 3.8) is 0 Å². The summed E-state index contributed by atoms with van der Waals surface area (Å²) in [6, 6.07) is 14.2. The Balaban J connectivity index is 2.33. The van der Waals surface area contributed by atoms with Crippen molar-refractivity contribution >= 4 is 6.29 Å². The average molecular weight is 237 g/mol. The van der Waals surface area contributed by atoms with Crippen LogP contribution in [0.1, 0.15) is 21.5 Å². The van der Waals surface area contributed by atoms with Crippen molar-refractivity contribution in [2.75, 3.05) is 0 Å². The molecule has 2 aromatic carbocycles. The first-order valence-corrected chi connectivity index (χ1v) is 5.47. The van der Waals surface area contributed by atoms with Crippen LogP contribution in [0.3, 0.4) is 0 Å². The van der Waals surface area contributed by atoms with Crippen LogP contribution in [-0.2, 0) is 0 Å². The summed E-state index contributed by atoms with van der Waals surface area (Å²) in [6.45, 7) is 1.90. The normalized spacial score (nSPS) is 9.56. The molecule has 3 heteroatoms. The molecular weight excluding hydrogens is 226 g/mol. The number of benzene rings is 2. The number of carbonyl (C=O) groups is 1. The summed E-state index contributed by atoms with van der Waals surface area (Å²) in [5.74, 6) is 1.20. The molecule has 3 nitrogen and oxygen atoms in total. The van der Waals surface area contributed by atoms with E-state index in [0.717, 1.165) is 11.8 Å². The first-order chi connectivity index (χ1) is 8.72. The van der Waals surface area contributed by atoms with Gasteiger partial charge in [0, 0.05) is 5.56 Å². The third kappa shape index (κ3) is 2.55. The highest BCUT2D eigenvalue weighted by Crippen LogP contribution is 2.26. The quantitative estimate of drug-likeness (QED) is 0.768. The number of hydrogen-bond donors (Lipinski definition) is 0. The van der Waals surface area contributed by atoms with Crippen molar-refractivity contribution in [2.24, 2.45) is 0 Å². The Morgan fingerprint density at radius 3 is 2.78 bits per heavy atom. The highest BCUT2D eigenvalue weighted by Gasteiger charge is 2.03. The van der Waals surface area contributed by atoms with Crippen LogP contribution in [0.15, 0.2) is 42.5 Å². The van der Waals surface area contributed by atoms with Crippen molar-refractivity contribution in [1.82, 2.24) is 0 Å². The molecule has 0 aliphatic carbocycles. The number of aldehydes is 1.